The molecule has 0 aromatic heterocycles. The highest BCUT2D eigenvalue weighted by Gasteiger charge is 2.02. The summed E-state index contributed by atoms with van der Waals surface area (Å²) in [5.74, 6) is 0. The van der Waals surface area contributed by atoms with Crippen LogP contribution in [0.5, 0.6) is 0 Å². The molecular weight excluding hydrogens is 122 g/mol. The van der Waals surface area contributed by atoms with Crippen LogP contribution in [0, 0.1) is 0 Å². The van der Waals surface area contributed by atoms with Gasteiger partial charge in [0.1, 0.15) is 0 Å². The van der Waals surface area contributed by atoms with Crippen molar-refractivity contribution in [1.82, 2.24) is 4.90 Å². The number of hydrogen-bond donors (Lipinski definition) is 0. The van der Waals surface area contributed by atoms with E-state index < -0.39 is 0 Å². The predicted octanol–water partition coefficient (Wildman–Crippen LogP) is 2.40. The number of hydrogen-bond acceptors (Lipinski definition) is 1. The molecule has 1 heteroatoms. The number of allylic oxidation sites excluding steroid dienone is 1. The van der Waals surface area contributed by atoms with Crippen LogP contribution >= 0.6 is 0 Å². The monoisotopic (exact) mass is 139 g/mol. The second kappa shape index (κ2) is 4.37. The molecule has 1 nitrogen and oxygen atoms in total. The van der Waals surface area contributed by atoms with Gasteiger partial charge in [-0.1, -0.05) is 18.9 Å². The molecule has 0 atom stereocenters. The molecule has 0 aromatic carbocycles. The first kappa shape index (κ1) is 7.64. The normalized spacial score (nSPS) is 21.5. The molecule has 1 aliphatic rings. The molecule has 1 rings (SSSR count). The van der Waals surface area contributed by atoms with Crippen molar-refractivity contribution >= 4 is 0 Å². The summed E-state index contributed by atoms with van der Waals surface area (Å²) in [4.78, 5) is 2.42. The SMILES string of the molecule is C/C=C\N1CCCCCC1. The lowest BCUT2D eigenvalue weighted by Gasteiger charge is -2.16. The zero-order chi connectivity index (χ0) is 7.23. The van der Waals surface area contributed by atoms with Crippen LogP contribution in [0.2, 0.25) is 0 Å². The van der Waals surface area contributed by atoms with Crippen molar-refractivity contribution in [2.75, 3.05) is 13.1 Å². The third kappa shape index (κ3) is 2.42. The van der Waals surface area contributed by atoms with Gasteiger partial charge < -0.3 is 4.90 Å². The van der Waals surface area contributed by atoms with Gasteiger partial charge in [-0.05, 0) is 26.0 Å². The molecule has 0 saturated carbocycles. The van der Waals surface area contributed by atoms with Gasteiger partial charge in [-0.15, -0.1) is 0 Å². The van der Waals surface area contributed by atoms with E-state index in [2.05, 4.69) is 24.1 Å². The van der Waals surface area contributed by atoms with Gasteiger partial charge in [-0.25, -0.2) is 0 Å². The minimum absolute atomic E-state index is 1.27. The standard InChI is InChI=1S/C9H17N/c1-2-7-10-8-5-3-4-6-9-10/h2,7H,3-6,8-9H2,1H3/b7-2-. The molecule has 1 fully saturated rings. The van der Waals surface area contributed by atoms with Crippen LogP contribution in [0.25, 0.3) is 0 Å². The first-order valence-corrected chi connectivity index (χ1v) is 4.30. The molecule has 0 radical (unpaired) electrons. The Labute approximate surface area is 63.7 Å². The Kier molecular flexibility index (Phi) is 3.34. The van der Waals surface area contributed by atoms with E-state index in [9.17, 15) is 0 Å². The predicted molar refractivity (Wildman–Crippen MR) is 44.9 cm³/mol. The van der Waals surface area contributed by atoms with Crippen LogP contribution in [0.3, 0.4) is 0 Å². The maximum Gasteiger partial charge on any atom is 0.0172 e. The van der Waals surface area contributed by atoms with Crippen LogP contribution in [0.4, 0.5) is 0 Å². The highest BCUT2D eigenvalue weighted by molar-refractivity contribution is 4.79. The third-order valence-corrected chi connectivity index (χ3v) is 2.00. The molecule has 0 spiro atoms. The van der Waals surface area contributed by atoms with E-state index in [1.54, 1.807) is 0 Å². The minimum atomic E-state index is 1.27. The zero-order valence-electron chi connectivity index (χ0n) is 6.84. The summed E-state index contributed by atoms with van der Waals surface area (Å²) in [6.07, 6.45) is 9.95. The lowest BCUT2D eigenvalue weighted by atomic mass is 10.2. The van der Waals surface area contributed by atoms with Gasteiger partial charge in [0.05, 0.1) is 0 Å². The number of likely N-dealkylation sites (tertiary alicyclic amines) is 1. The third-order valence-electron chi connectivity index (χ3n) is 2.00. The van der Waals surface area contributed by atoms with Crippen LogP contribution in [0.15, 0.2) is 12.3 Å². The molecule has 1 saturated heterocycles. The average Bonchev–Trinajstić information content (AvgIpc) is 2.17. The summed E-state index contributed by atoms with van der Waals surface area (Å²) in [6, 6.07) is 0. The smallest absolute Gasteiger partial charge is 0.0172 e. The molecule has 0 bridgehead atoms. The Morgan fingerprint density at radius 3 is 2.10 bits per heavy atom. The molecule has 0 N–H and O–H groups in total. The highest BCUT2D eigenvalue weighted by Crippen LogP contribution is 2.09. The van der Waals surface area contributed by atoms with Gasteiger partial charge in [-0.2, -0.15) is 0 Å². The molecule has 1 aliphatic heterocycles. The Hall–Kier alpha value is -0.460. The van der Waals surface area contributed by atoms with E-state index in [1.807, 2.05) is 0 Å². The van der Waals surface area contributed by atoms with Gasteiger partial charge >= 0.3 is 0 Å². The molecule has 0 amide bonds. The quantitative estimate of drug-likeness (QED) is 0.539. The summed E-state index contributed by atoms with van der Waals surface area (Å²) >= 11 is 0. The lowest BCUT2D eigenvalue weighted by Crippen LogP contribution is -2.17. The largest absolute Gasteiger partial charge is 0.378 e. The fourth-order valence-corrected chi connectivity index (χ4v) is 1.46. The first-order valence-electron chi connectivity index (χ1n) is 4.30. The molecule has 0 aromatic rings. The van der Waals surface area contributed by atoms with Crippen LogP contribution in [-0.2, 0) is 0 Å². The molecule has 0 unspecified atom stereocenters. The minimum Gasteiger partial charge on any atom is -0.378 e. The van der Waals surface area contributed by atoms with E-state index >= 15 is 0 Å². The van der Waals surface area contributed by atoms with Gasteiger partial charge in [0.25, 0.3) is 0 Å². The average molecular weight is 139 g/mol. The second-order valence-corrected chi connectivity index (χ2v) is 2.93. The van der Waals surface area contributed by atoms with Crippen molar-refractivity contribution in [3.05, 3.63) is 12.3 Å². The van der Waals surface area contributed by atoms with Crippen LogP contribution in [-0.4, -0.2) is 18.0 Å². The molecule has 58 valence electrons. The zero-order valence-corrected chi connectivity index (χ0v) is 6.84. The maximum absolute atomic E-state index is 2.42. The summed E-state index contributed by atoms with van der Waals surface area (Å²) in [6.45, 7) is 4.62. The van der Waals surface area contributed by atoms with E-state index in [1.165, 1.54) is 38.8 Å². The van der Waals surface area contributed by atoms with Crippen molar-refractivity contribution < 1.29 is 0 Å². The Bertz CT molecular complexity index is 99.3. The fraction of sp³-hybridized carbons (Fsp3) is 0.778. The van der Waals surface area contributed by atoms with Crippen molar-refractivity contribution in [1.29, 1.82) is 0 Å². The molecule has 10 heavy (non-hydrogen) atoms. The van der Waals surface area contributed by atoms with Crippen LogP contribution in [0.1, 0.15) is 32.6 Å². The van der Waals surface area contributed by atoms with E-state index in [-0.39, 0.29) is 0 Å². The summed E-state index contributed by atoms with van der Waals surface area (Å²) in [5.41, 5.74) is 0. The summed E-state index contributed by atoms with van der Waals surface area (Å²) in [5, 5.41) is 0. The lowest BCUT2D eigenvalue weighted by molar-refractivity contribution is 0.391. The van der Waals surface area contributed by atoms with Gasteiger partial charge in [0.2, 0.25) is 0 Å². The van der Waals surface area contributed by atoms with Gasteiger partial charge in [0.15, 0.2) is 0 Å². The maximum atomic E-state index is 2.42. The van der Waals surface area contributed by atoms with Crippen molar-refractivity contribution in [3.8, 4) is 0 Å². The number of nitrogens with zero attached hydrogens (tertiary/aromatic N) is 1. The van der Waals surface area contributed by atoms with E-state index in [0.29, 0.717) is 0 Å². The van der Waals surface area contributed by atoms with Crippen LogP contribution < -0.4 is 0 Å². The molecule has 0 aliphatic carbocycles. The first-order chi connectivity index (χ1) is 4.93. The second-order valence-electron chi connectivity index (χ2n) is 2.93. The fourth-order valence-electron chi connectivity index (χ4n) is 1.46. The topological polar surface area (TPSA) is 3.24 Å². The van der Waals surface area contributed by atoms with Crippen molar-refractivity contribution in [2.24, 2.45) is 0 Å². The van der Waals surface area contributed by atoms with Crippen molar-refractivity contribution in [2.45, 2.75) is 32.6 Å². The Balaban J connectivity index is 2.28. The summed E-state index contributed by atoms with van der Waals surface area (Å²) in [7, 11) is 0. The van der Waals surface area contributed by atoms with E-state index in [4.69, 9.17) is 0 Å². The van der Waals surface area contributed by atoms with Gasteiger partial charge in [0, 0.05) is 13.1 Å². The highest BCUT2D eigenvalue weighted by atomic mass is 15.1. The Morgan fingerprint density at radius 1 is 1.00 bits per heavy atom. The number of rotatable bonds is 1. The van der Waals surface area contributed by atoms with E-state index in [0.717, 1.165) is 0 Å². The molecule has 1 heterocycles. The Morgan fingerprint density at radius 2 is 1.60 bits per heavy atom. The summed E-state index contributed by atoms with van der Waals surface area (Å²) < 4.78 is 0. The van der Waals surface area contributed by atoms with Gasteiger partial charge in [-0.3, -0.25) is 0 Å². The molecular formula is C9H17N. The van der Waals surface area contributed by atoms with Crippen molar-refractivity contribution in [3.63, 3.8) is 0 Å².